The summed E-state index contributed by atoms with van der Waals surface area (Å²) < 4.78 is 41.2. The van der Waals surface area contributed by atoms with E-state index in [1.165, 1.54) is 25.0 Å². The maximum atomic E-state index is 12.7. The van der Waals surface area contributed by atoms with Gasteiger partial charge in [-0.15, -0.1) is 0 Å². The van der Waals surface area contributed by atoms with Crippen LogP contribution in [0.15, 0.2) is 102 Å². The Balaban J connectivity index is 0.000000309. The fraction of sp³-hybridized carbons (Fsp3) is 0.286. The number of piperidine rings is 1. The van der Waals surface area contributed by atoms with Crippen LogP contribution in [0, 0.1) is 12.8 Å². The van der Waals surface area contributed by atoms with Gasteiger partial charge in [0.1, 0.15) is 12.4 Å². The quantitative estimate of drug-likeness (QED) is 0.166. The number of amides is 1. The van der Waals surface area contributed by atoms with Crippen LogP contribution in [0.5, 0.6) is 5.75 Å². The molecule has 0 aromatic heterocycles. The molecular formula is C35H37ClN2O6S. The van der Waals surface area contributed by atoms with Crippen molar-refractivity contribution in [3.8, 4) is 16.9 Å². The van der Waals surface area contributed by atoms with E-state index in [0.29, 0.717) is 47.7 Å². The van der Waals surface area contributed by atoms with Gasteiger partial charge in [-0.3, -0.25) is 9.87 Å². The van der Waals surface area contributed by atoms with Crippen molar-refractivity contribution in [1.82, 2.24) is 5.32 Å². The maximum absolute atomic E-state index is 12.7. The molecule has 1 amide bonds. The molecule has 10 heteroatoms. The number of carbonyl (C=O) groups is 1. The second kappa shape index (κ2) is 14.9. The van der Waals surface area contributed by atoms with Gasteiger partial charge in [0.25, 0.3) is 10.1 Å². The standard InChI is InChI=1S/C28H29ClN2O3.C7H8O3S/c29-22-8-4-7-21(15-22)26-16-25(33-17-19-5-2-1-3-6-19)11-12-27(26)31-28(32)34-18-20-13-23-9-10-24(14-20)30-23;1-6-2-4-7(5-3-6)11(8,9)10/h1-8,11-12,15-16,20,23-24,30H,9-10,13-14,17-18H2,(H,31,32);2-5H,1H3,(H,8,9,10)/t20-,23+,24-;. The van der Waals surface area contributed by atoms with Gasteiger partial charge in [0.2, 0.25) is 0 Å². The van der Waals surface area contributed by atoms with E-state index in [1.54, 1.807) is 12.1 Å². The molecule has 45 heavy (non-hydrogen) atoms. The molecule has 2 aliphatic heterocycles. The summed E-state index contributed by atoms with van der Waals surface area (Å²) in [6.07, 6.45) is 4.17. The lowest BCUT2D eigenvalue weighted by Gasteiger charge is -2.28. The first-order valence-electron chi connectivity index (χ1n) is 14.9. The molecule has 0 aliphatic carbocycles. The van der Waals surface area contributed by atoms with Crippen LogP contribution in [0.25, 0.3) is 11.1 Å². The molecule has 2 saturated heterocycles. The predicted octanol–water partition coefficient (Wildman–Crippen LogP) is 7.91. The van der Waals surface area contributed by atoms with Crippen LogP contribution in [0.2, 0.25) is 5.02 Å². The number of nitrogens with one attached hydrogen (secondary N) is 2. The molecule has 4 aromatic rings. The number of fused-ring (bicyclic) bond motifs is 2. The average Bonchev–Trinajstić information content (AvgIpc) is 3.37. The third-order valence-corrected chi connectivity index (χ3v) is 9.05. The molecule has 6 rings (SSSR count). The first-order valence-corrected chi connectivity index (χ1v) is 16.7. The summed E-state index contributed by atoms with van der Waals surface area (Å²) in [7, 11) is -4.02. The molecule has 2 fully saturated rings. The molecule has 4 aromatic carbocycles. The van der Waals surface area contributed by atoms with Crippen molar-refractivity contribution in [2.24, 2.45) is 5.92 Å². The number of ether oxygens (including phenoxy) is 2. The molecule has 236 valence electrons. The zero-order chi connectivity index (χ0) is 31.8. The normalized spacial score (nSPS) is 18.8. The molecular weight excluding hydrogens is 612 g/mol. The lowest BCUT2D eigenvalue weighted by molar-refractivity contribution is 0.122. The Bertz CT molecular complexity index is 1690. The summed E-state index contributed by atoms with van der Waals surface area (Å²) in [5.41, 5.74) is 4.42. The topological polar surface area (TPSA) is 114 Å². The number of carbonyl (C=O) groups excluding carboxylic acids is 1. The van der Waals surface area contributed by atoms with Gasteiger partial charge in [-0.2, -0.15) is 8.42 Å². The van der Waals surface area contributed by atoms with E-state index in [0.717, 1.165) is 35.1 Å². The molecule has 3 atom stereocenters. The van der Waals surface area contributed by atoms with Crippen LogP contribution < -0.4 is 15.4 Å². The maximum Gasteiger partial charge on any atom is 0.411 e. The summed E-state index contributed by atoms with van der Waals surface area (Å²) in [6.45, 7) is 2.75. The Kier molecular flexibility index (Phi) is 10.8. The van der Waals surface area contributed by atoms with E-state index in [-0.39, 0.29) is 4.90 Å². The lowest BCUT2D eigenvalue weighted by atomic mass is 9.93. The number of hydrogen-bond donors (Lipinski definition) is 3. The Morgan fingerprint density at radius 3 is 2.31 bits per heavy atom. The number of rotatable bonds is 8. The van der Waals surface area contributed by atoms with Gasteiger partial charge < -0.3 is 14.8 Å². The van der Waals surface area contributed by atoms with Crippen LogP contribution >= 0.6 is 11.6 Å². The second-order valence-electron chi connectivity index (χ2n) is 11.5. The zero-order valence-electron chi connectivity index (χ0n) is 25.0. The fourth-order valence-electron chi connectivity index (χ4n) is 5.72. The summed E-state index contributed by atoms with van der Waals surface area (Å²) in [5.74, 6) is 1.13. The first kappa shape index (κ1) is 32.5. The van der Waals surface area contributed by atoms with Crippen LogP contribution in [0.4, 0.5) is 10.5 Å². The molecule has 0 saturated carbocycles. The number of halogens is 1. The Morgan fingerprint density at radius 2 is 1.64 bits per heavy atom. The van der Waals surface area contributed by atoms with Gasteiger partial charge in [0, 0.05) is 22.7 Å². The molecule has 0 radical (unpaired) electrons. The van der Waals surface area contributed by atoms with E-state index in [1.807, 2.05) is 79.7 Å². The minimum absolute atomic E-state index is 0.0666. The van der Waals surface area contributed by atoms with Crippen LogP contribution in [0.3, 0.4) is 0 Å². The molecule has 0 unspecified atom stereocenters. The smallest absolute Gasteiger partial charge is 0.411 e. The number of hydrogen-bond acceptors (Lipinski definition) is 6. The Labute approximate surface area is 269 Å². The van der Waals surface area contributed by atoms with E-state index in [2.05, 4.69) is 10.6 Å². The SMILES string of the molecule is Cc1ccc(S(=O)(=O)O)cc1.O=C(Nc1ccc(OCc2ccccc2)cc1-c1cccc(Cl)c1)OC[C@H]1C[C@H]2CC[C@@H](C1)N2. The Morgan fingerprint density at radius 1 is 0.933 bits per heavy atom. The largest absolute Gasteiger partial charge is 0.489 e. The Hall–Kier alpha value is -3.89. The third-order valence-electron chi connectivity index (χ3n) is 7.95. The summed E-state index contributed by atoms with van der Waals surface area (Å²) in [6, 6.07) is 30.3. The van der Waals surface area contributed by atoms with Crippen molar-refractivity contribution in [3.63, 3.8) is 0 Å². The van der Waals surface area contributed by atoms with Gasteiger partial charge in [-0.25, -0.2) is 4.79 Å². The van der Waals surface area contributed by atoms with Gasteiger partial charge in [0.15, 0.2) is 0 Å². The van der Waals surface area contributed by atoms with Crippen molar-refractivity contribution in [2.75, 3.05) is 11.9 Å². The number of anilines is 1. The first-order chi connectivity index (χ1) is 21.6. The van der Waals surface area contributed by atoms with Gasteiger partial charge in [0.05, 0.1) is 17.2 Å². The predicted molar refractivity (Wildman–Crippen MR) is 176 cm³/mol. The van der Waals surface area contributed by atoms with Crippen LogP contribution in [-0.2, 0) is 21.5 Å². The lowest BCUT2D eigenvalue weighted by Crippen LogP contribution is -2.39. The fourth-order valence-corrected chi connectivity index (χ4v) is 6.39. The molecule has 3 N–H and O–H groups in total. The van der Waals surface area contributed by atoms with Gasteiger partial charge >= 0.3 is 6.09 Å². The molecule has 2 aliphatic rings. The summed E-state index contributed by atoms with van der Waals surface area (Å²) in [5, 5.41) is 7.18. The zero-order valence-corrected chi connectivity index (χ0v) is 26.6. The number of aryl methyl sites for hydroxylation is 1. The second-order valence-corrected chi connectivity index (χ2v) is 13.3. The summed E-state index contributed by atoms with van der Waals surface area (Å²) in [4.78, 5) is 12.6. The van der Waals surface area contributed by atoms with E-state index >= 15 is 0 Å². The van der Waals surface area contributed by atoms with Gasteiger partial charge in [-0.05, 0) is 92.1 Å². The van der Waals surface area contributed by atoms with Crippen molar-refractivity contribution in [2.45, 2.75) is 56.2 Å². The van der Waals surface area contributed by atoms with Crippen LogP contribution in [0.1, 0.15) is 36.8 Å². The van der Waals surface area contributed by atoms with Gasteiger partial charge in [-0.1, -0.05) is 71.8 Å². The minimum atomic E-state index is -4.02. The van der Waals surface area contributed by atoms with Crippen molar-refractivity contribution >= 4 is 33.5 Å². The molecule has 2 heterocycles. The molecule has 2 bridgehead atoms. The van der Waals surface area contributed by atoms with E-state index in [4.69, 9.17) is 25.6 Å². The highest BCUT2D eigenvalue weighted by molar-refractivity contribution is 7.85. The highest BCUT2D eigenvalue weighted by Gasteiger charge is 2.33. The van der Waals surface area contributed by atoms with E-state index < -0.39 is 16.2 Å². The molecule has 0 spiro atoms. The van der Waals surface area contributed by atoms with Crippen molar-refractivity contribution in [3.05, 3.63) is 113 Å². The number of benzene rings is 4. The molecule has 8 nitrogen and oxygen atoms in total. The highest BCUT2D eigenvalue weighted by Crippen LogP contribution is 2.34. The minimum Gasteiger partial charge on any atom is -0.489 e. The monoisotopic (exact) mass is 648 g/mol. The average molecular weight is 649 g/mol. The van der Waals surface area contributed by atoms with Crippen molar-refractivity contribution < 1.29 is 27.2 Å². The van der Waals surface area contributed by atoms with Crippen LogP contribution in [-0.4, -0.2) is 37.8 Å². The third kappa shape index (κ3) is 9.55. The van der Waals surface area contributed by atoms with Crippen molar-refractivity contribution in [1.29, 1.82) is 0 Å². The highest BCUT2D eigenvalue weighted by atomic mass is 35.5. The van der Waals surface area contributed by atoms with E-state index in [9.17, 15) is 13.2 Å². The summed E-state index contributed by atoms with van der Waals surface area (Å²) >= 11 is 6.25.